The smallest absolute Gasteiger partial charge is 0.236 e. The summed E-state index contributed by atoms with van der Waals surface area (Å²) in [4.78, 5) is 27.9. The molecular formula is C20H22FN5OS. The Morgan fingerprint density at radius 1 is 1.14 bits per heavy atom. The van der Waals surface area contributed by atoms with E-state index < -0.39 is 0 Å². The van der Waals surface area contributed by atoms with Crippen molar-refractivity contribution in [1.82, 2.24) is 19.8 Å². The third-order valence-electron chi connectivity index (χ3n) is 5.03. The van der Waals surface area contributed by atoms with Gasteiger partial charge in [0, 0.05) is 51.2 Å². The Bertz CT molecular complexity index is 980. The molecule has 1 aliphatic rings. The van der Waals surface area contributed by atoms with Gasteiger partial charge in [-0.15, -0.1) is 11.3 Å². The Hall–Kier alpha value is -2.58. The Kier molecular flexibility index (Phi) is 5.23. The molecule has 6 nitrogen and oxygen atoms in total. The van der Waals surface area contributed by atoms with E-state index in [0.717, 1.165) is 53.3 Å². The third kappa shape index (κ3) is 3.70. The maximum absolute atomic E-state index is 13.3. The third-order valence-corrected chi connectivity index (χ3v) is 5.92. The van der Waals surface area contributed by atoms with E-state index in [0.29, 0.717) is 6.54 Å². The van der Waals surface area contributed by atoms with E-state index in [-0.39, 0.29) is 11.7 Å². The van der Waals surface area contributed by atoms with Crippen LogP contribution in [0.3, 0.4) is 0 Å². The normalized spacial score (nSPS) is 15.2. The molecule has 0 bridgehead atoms. The monoisotopic (exact) mass is 399 g/mol. The second-order valence-electron chi connectivity index (χ2n) is 7.09. The molecule has 3 heterocycles. The summed E-state index contributed by atoms with van der Waals surface area (Å²) in [5.74, 6) is 0.779. The summed E-state index contributed by atoms with van der Waals surface area (Å²) >= 11 is 1.57. The highest BCUT2D eigenvalue weighted by atomic mass is 32.1. The van der Waals surface area contributed by atoms with Gasteiger partial charge < -0.3 is 9.80 Å². The molecule has 3 aromatic rings. The number of amides is 1. The Morgan fingerprint density at radius 2 is 1.86 bits per heavy atom. The maximum atomic E-state index is 13.3. The molecule has 0 atom stereocenters. The van der Waals surface area contributed by atoms with Crippen LogP contribution in [0.25, 0.3) is 21.3 Å². The molecule has 0 spiro atoms. The van der Waals surface area contributed by atoms with Crippen molar-refractivity contribution in [3.05, 3.63) is 41.8 Å². The zero-order valence-electron chi connectivity index (χ0n) is 15.9. The molecule has 8 heteroatoms. The molecule has 1 saturated heterocycles. The van der Waals surface area contributed by atoms with E-state index in [1.165, 1.54) is 12.1 Å². The zero-order valence-corrected chi connectivity index (χ0v) is 16.7. The van der Waals surface area contributed by atoms with Crippen molar-refractivity contribution < 1.29 is 9.18 Å². The number of benzene rings is 1. The van der Waals surface area contributed by atoms with Crippen LogP contribution in [0, 0.1) is 5.82 Å². The molecular weight excluding hydrogens is 377 g/mol. The summed E-state index contributed by atoms with van der Waals surface area (Å²) in [6.07, 6.45) is 1.60. The van der Waals surface area contributed by atoms with Crippen LogP contribution < -0.4 is 4.90 Å². The van der Waals surface area contributed by atoms with Crippen molar-refractivity contribution >= 4 is 33.3 Å². The number of hydrogen-bond acceptors (Lipinski definition) is 6. The van der Waals surface area contributed by atoms with E-state index in [1.807, 2.05) is 0 Å². The minimum absolute atomic E-state index is 0.120. The fourth-order valence-corrected chi connectivity index (χ4v) is 4.30. The van der Waals surface area contributed by atoms with Crippen molar-refractivity contribution in [2.75, 3.05) is 51.7 Å². The lowest BCUT2D eigenvalue weighted by molar-refractivity contribution is -0.129. The lowest BCUT2D eigenvalue weighted by atomic mass is 10.1. The predicted octanol–water partition coefficient (Wildman–Crippen LogP) is 2.71. The summed E-state index contributed by atoms with van der Waals surface area (Å²) in [5, 5.41) is 3.07. The average molecular weight is 399 g/mol. The quantitative estimate of drug-likeness (QED) is 0.675. The summed E-state index contributed by atoms with van der Waals surface area (Å²) < 4.78 is 13.3. The number of piperazine rings is 1. The number of carbonyl (C=O) groups is 1. The molecule has 0 saturated carbocycles. The molecule has 0 radical (unpaired) electrons. The van der Waals surface area contributed by atoms with Gasteiger partial charge in [0.15, 0.2) is 0 Å². The van der Waals surface area contributed by atoms with Crippen molar-refractivity contribution in [2.45, 2.75) is 0 Å². The second kappa shape index (κ2) is 7.81. The lowest BCUT2D eigenvalue weighted by Gasteiger charge is -2.35. The van der Waals surface area contributed by atoms with Crippen LogP contribution >= 0.6 is 11.3 Å². The van der Waals surface area contributed by atoms with E-state index in [9.17, 15) is 9.18 Å². The SMILES string of the molecule is CN(C)C(=O)CN1CCN(c2ncnc3scc(-c4ccc(F)cc4)c23)CC1. The summed E-state index contributed by atoms with van der Waals surface area (Å²) in [5.41, 5.74) is 1.99. The summed E-state index contributed by atoms with van der Waals surface area (Å²) in [7, 11) is 3.56. The Balaban J connectivity index is 1.59. The van der Waals surface area contributed by atoms with Gasteiger partial charge in [-0.3, -0.25) is 9.69 Å². The molecule has 2 aromatic heterocycles. The zero-order chi connectivity index (χ0) is 19.7. The number of rotatable bonds is 4. The van der Waals surface area contributed by atoms with Crippen LogP contribution in [0.5, 0.6) is 0 Å². The van der Waals surface area contributed by atoms with Gasteiger partial charge in [-0.05, 0) is 17.7 Å². The molecule has 0 aliphatic carbocycles. The van der Waals surface area contributed by atoms with Crippen LogP contribution in [0.15, 0.2) is 36.0 Å². The standard InChI is InChI=1S/C20H22FN5OS/c1-24(2)17(27)11-25-7-9-26(10-8-25)19-18-16(12-28-20(18)23-13-22-19)14-3-5-15(21)6-4-14/h3-6,12-13H,7-11H2,1-2H3. The number of nitrogens with zero attached hydrogens (tertiary/aromatic N) is 5. The Labute approximate surface area is 167 Å². The number of anilines is 1. The van der Waals surface area contributed by atoms with Gasteiger partial charge in [0.05, 0.1) is 11.9 Å². The van der Waals surface area contributed by atoms with Gasteiger partial charge in [0.2, 0.25) is 5.91 Å². The maximum Gasteiger partial charge on any atom is 0.236 e. The van der Waals surface area contributed by atoms with Crippen LogP contribution in [-0.4, -0.2) is 72.5 Å². The summed E-state index contributed by atoms with van der Waals surface area (Å²) in [6, 6.07) is 6.53. The Morgan fingerprint density at radius 3 is 2.54 bits per heavy atom. The van der Waals surface area contributed by atoms with E-state index in [4.69, 9.17) is 0 Å². The fourth-order valence-electron chi connectivity index (χ4n) is 3.39. The van der Waals surface area contributed by atoms with Gasteiger partial charge in [-0.25, -0.2) is 14.4 Å². The second-order valence-corrected chi connectivity index (χ2v) is 7.94. The first-order valence-corrected chi connectivity index (χ1v) is 10.1. The fraction of sp³-hybridized carbons (Fsp3) is 0.350. The first kappa shape index (κ1) is 18.8. The van der Waals surface area contributed by atoms with Crippen LogP contribution in [-0.2, 0) is 4.79 Å². The van der Waals surface area contributed by atoms with Gasteiger partial charge in [-0.1, -0.05) is 12.1 Å². The molecule has 1 fully saturated rings. The van der Waals surface area contributed by atoms with Gasteiger partial charge in [0.1, 0.15) is 22.8 Å². The number of likely N-dealkylation sites (N-methyl/N-ethyl adjacent to an activating group) is 1. The number of carbonyl (C=O) groups excluding carboxylic acids is 1. The van der Waals surface area contributed by atoms with E-state index in [2.05, 4.69) is 25.1 Å². The molecule has 4 rings (SSSR count). The molecule has 1 amide bonds. The highest BCUT2D eigenvalue weighted by Gasteiger charge is 2.23. The number of thiophene rings is 1. The van der Waals surface area contributed by atoms with Gasteiger partial charge >= 0.3 is 0 Å². The lowest BCUT2D eigenvalue weighted by Crippen LogP contribution is -2.49. The molecule has 0 N–H and O–H groups in total. The first-order chi connectivity index (χ1) is 13.5. The van der Waals surface area contributed by atoms with Crippen molar-refractivity contribution in [3.8, 4) is 11.1 Å². The average Bonchev–Trinajstić information content (AvgIpc) is 3.13. The topological polar surface area (TPSA) is 52.6 Å². The number of halogens is 1. The molecule has 146 valence electrons. The number of aromatic nitrogens is 2. The van der Waals surface area contributed by atoms with Gasteiger partial charge in [-0.2, -0.15) is 0 Å². The van der Waals surface area contributed by atoms with Gasteiger partial charge in [0.25, 0.3) is 0 Å². The molecule has 1 aromatic carbocycles. The van der Waals surface area contributed by atoms with E-state index in [1.54, 1.807) is 48.8 Å². The largest absolute Gasteiger partial charge is 0.353 e. The minimum atomic E-state index is -0.247. The van der Waals surface area contributed by atoms with Crippen molar-refractivity contribution in [3.63, 3.8) is 0 Å². The van der Waals surface area contributed by atoms with Crippen LogP contribution in [0.1, 0.15) is 0 Å². The number of fused-ring (bicyclic) bond motifs is 1. The predicted molar refractivity (Wildman–Crippen MR) is 110 cm³/mol. The highest BCUT2D eigenvalue weighted by molar-refractivity contribution is 7.17. The highest BCUT2D eigenvalue weighted by Crippen LogP contribution is 2.38. The molecule has 1 aliphatic heterocycles. The van der Waals surface area contributed by atoms with Crippen LogP contribution in [0.4, 0.5) is 10.2 Å². The van der Waals surface area contributed by atoms with Crippen molar-refractivity contribution in [1.29, 1.82) is 0 Å². The molecule has 28 heavy (non-hydrogen) atoms. The molecule has 0 unspecified atom stereocenters. The number of hydrogen-bond donors (Lipinski definition) is 0. The minimum Gasteiger partial charge on any atom is -0.353 e. The van der Waals surface area contributed by atoms with Crippen molar-refractivity contribution in [2.24, 2.45) is 0 Å². The first-order valence-electron chi connectivity index (χ1n) is 9.18. The summed E-state index contributed by atoms with van der Waals surface area (Å²) in [6.45, 7) is 3.65. The van der Waals surface area contributed by atoms with E-state index >= 15 is 0 Å². The van der Waals surface area contributed by atoms with Crippen LogP contribution in [0.2, 0.25) is 0 Å².